The third-order valence-electron chi connectivity index (χ3n) is 1.64. The number of amides is 1. The molecule has 0 spiro atoms. The third-order valence-corrected chi connectivity index (χ3v) is 2.84. The highest BCUT2D eigenvalue weighted by Crippen LogP contribution is 2.15. The van der Waals surface area contributed by atoms with Crippen LogP contribution in [0.3, 0.4) is 0 Å². The van der Waals surface area contributed by atoms with Gasteiger partial charge < -0.3 is 5.32 Å². The number of anilines is 1. The second-order valence-electron chi connectivity index (χ2n) is 2.88. The van der Waals surface area contributed by atoms with Gasteiger partial charge in [-0.2, -0.15) is 8.42 Å². The Morgan fingerprint density at radius 2 is 1.94 bits per heavy atom. The second-order valence-corrected chi connectivity index (χ2v) is 4.49. The molecule has 0 saturated carbocycles. The summed E-state index contributed by atoms with van der Waals surface area (Å²) < 4.78 is 25.6. The monoisotopic (exact) mass is 239 g/mol. The van der Waals surface area contributed by atoms with E-state index in [9.17, 15) is 13.2 Å². The van der Waals surface area contributed by atoms with Crippen LogP contribution in [-0.2, 0) is 14.8 Å². The molecular weight excluding hydrogens is 230 g/mol. The smallest absolute Gasteiger partial charge is 0.291 e. The molecule has 16 heavy (non-hydrogen) atoms. The number of benzene rings is 1. The average Bonchev–Trinajstić information content (AvgIpc) is 2.17. The summed E-state index contributed by atoms with van der Waals surface area (Å²) in [6.07, 6.45) is 0. The maximum absolute atomic E-state index is 11.3. The maximum atomic E-state index is 11.3. The van der Waals surface area contributed by atoms with Crippen molar-refractivity contribution in [2.45, 2.75) is 11.8 Å². The van der Waals surface area contributed by atoms with E-state index in [-0.39, 0.29) is 10.8 Å². The van der Waals surface area contributed by atoms with E-state index in [0.717, 1.165) is 0 Å². The van der Waals surface area contributed by atoms with Crippen LogP contribution < -0.4 is 5.32 Å². The van der Waals surface area contributed by atoms with Crippen molar-refractivity contribution in [1.82, 2.24) is 0 Å². The van der Waals surface area contributed by atoms with Crippen molar-refractivity contribution in [3.05, 3.63) is 24.3 Å². The zero-order chi connectivity index (χ0) is 12.2. The number of sulfonamides is 1. The van der Waals surface area contributed by atoms with Crippen LogP contribution in [0.25, 0.3) is 0 Å². The summed E-state index contributed by atoms with van der Waals surface area (Å²) in [4.78, 5) is 10.7. The van der Waals surface area contributed by atoms with E-state index in [2.05, 4.69) is 9.71 Å². The fourth-order valence-electron chi connectivity index (χ4n) is 1.03. The first-order valence-electron chi connectivity index (χ1n) is 4.22. The van der Waals surface area contributed by atoms with Crippen LogP contribution >= 0.6 is 0 Å². The van der Waals surface area contributed by atoms with Crippen LogP contribution in [0.1, 0.15) is 6.92 Å². The predicted octanol–water partition coefficient (Wildman–Crippen LogP) is 1.09. The van der Waals surface area contributed by atoms with Gasteiger partial charge in [0.25, 0.3) is 10.0 Å². The molecule has 0 aliphatic rings. The van der Waals surface area contributed by atoms with Crippen molar-refractivity contribution in [1.29, 1.82) is 5.41 Å². The van der Waals surface area contributed by atoms with E-state index in [1.807, 2.05) is 0 Å². The highest BCUT2D eigenvalue weighted by Gasteiger charge is 2.11. The molecule has 0 aliphatic heterocycles. The molecule has 2 N–H and O–H groups in total. The molecule has 0 aromatic heterocycles. The molecule has 1 aromatic carbocycles. The Morgan fingerprint density at radius 3 is 2.38 bits per heavy atom. The molecule has 1 amide bonds. The molecule has 0 saturated heterocycles. The summed E-state index contributed by atoms with van der Waals surface area (Å²) in [5.74, 6) is -0.242. The third kappa shape index (κ3) is 3.01. The lowest BCUT2D eigenvalue weighted by atomic mass is 10.3. The molecule has 1 rings (SSSR count). The van der Waals surface area contributed by atoms with Gasteiger partial charge in [0.15, 0.2) is 0 Å². The molecule has 6 nitrogen and oxygen atoms in total. The molecule has 0 atom stereocenters. The van der Waals surface area contributed by atoms with Crippen LogP contribution in [-0.4, -0.2) is 20.3 Å². The molecule has 0 radical (unpaired) electrons. The van der Waals surface area contributed by atoms with E-state index in [0.29, 0.717) is 5.69 Å². The minimum Gasteiger partial charge on any atom is -0.326 e. The standard InChI is InChI=1S/C9H9N3O3S/c1-7(13)12-8-2-4-9(5-3-8)16(14,15)11-6-10/h2-5,10H,1H3,(H,12,13). The molecule has 1 aromatic rings. The molecule has 84 valence electrons. The zero-order valence-electron chi connectivity index (χ0n) is 8.39. The van der Waals surface area contributed by atoms with Crippen molar-refractivity contribution >= 4 is 27.6 Å². The lowest BCUT2D eigenvalue weighted by Gasteiger charge is -2.02. The molecule has 0 unspecified atom stereocenters. The zero-order valence-corrected chi connectivity index (χ0v) is 9.21. The number of nitrogens with zero attached hydrogens (tertiary/aromatic N) is 1. The molecule has 7 heteroatoms. The minimum absolute atomic E-state index is 0.0543. The fraction of sp³-hybridized carbons (Fsp3) is 0.111. The number of carbonyl (C=O) groups is 1. The Hall–Kier alpha value is -1.98. The largest absolute Gasteiger partial charge is 0.326 e. The van der Waals surface area contributed by atoms with E-state index in [1.165, 1.54) is 37.2 Å². The van der Waals surface area contributed by atoms with E-state index in [1.54, 1.807) is 0 Å². The van der Waals surface area contributed by atoms with Crippen molar-refractivity contribution in [3.63, 3.8) is 0 Å². The average molecular weight is 239 g/mol. The predicted molar refractivity (Wildman–Crippen MR) is 58.1 cm³/mol. The number of hydrogen-bond donors (Lipinski definition) is 2. The minimum atomic E-state index is -3.84. The maximum Gasteiger partial charge on any atom is 0.291 e. The van der Waals surface area contributed by atoms with Crippen molar-refractivity contribution < 1.29 is 13.2 Å². The number of rotatable bonds is 3. The van der Waals surface area contributed by atoms with Gasteiger partial charge in [-0.3, -0.25) is 4.79 Å². The SMILES string of the molecule is CC(=O)Nc1ccc(S(=O)(=O)N=C=N)cc1. The quantitative estimate of drug-likeness (QED) is 0.772. The van der Waals surface area contributed by atoms with Crippen LogP contribution in [0.2, 0.25) is 0 Å². The highest BCUT2D eigenvalue weighted by molar-refractivity contribution is 7.90. The summed E-state index contributed by atoms with van der Waals surface area (Å²) in [5, 5.41) is 8.99. The van der Waals surface area contributed by atoms with Gasteiger partial charge in [-0.15, -0.1) is 0 Å². The Bertz CT molecular complexity index is 542. The van der Waals surface area contributed by atoms with Gasteiger partial charge in [0.1, 0.15) is 6.01 Å². The van der Waals surface area contributed by atoms with Crippen LogP contribution in [0, 0.1) is 5.41 Å². The van der Waals surface area contributed by atoms with E-state index < -0.39 is 10.0 Å². The summed E-state index contributed by atoms with van der Waals surface area (Å²) in [7, 11) is -3.84. The number of hydrogen-bond acceptors (Lipinski definition) is 4. The number of nitrogens with one attached hydrogen (secondary N) is 2. The Labute approximate surface area is 92.6 Å². The fourth-order valence-corrected chi connectivity index (χ4v) is 1.73. The topological polar surface area (TPSA) is 99.4 Å². The van der Waals surface area contributed by atoms with Gasteiger partial charge in [-0.05, 0) is 24.3 Å². The first kappa shape index (κ1) is 12.1. The van der Waals surface area contributed by atoms with Crippen LogP contribution in [0.15, 0.2) is 33.6 Å². The molecule has 0 bridgehead atoms. The lowest BCUT2D eigenvalue weighted by Crippen LogP contribution is -2.05. The normalized spacial score (nSPS) is 10.3. The Morgan fingerprint density at radius 1 is 1.38 bits per heavy atom. The molecule has 0 heterocycles. The summed E-state index contributed by atoms with van der Waals surface area (Å²) >= 11 is 0. The van der Waals surface area contributed by atoms with E-state index >= 15 is 0 Å². The Balaban J connectivity index is 3.04. The van der Waals surface area contributed by atoms with Gasteiger partial charge in [0.2, 0.25) is 5.91 Å². The highest BCUT2D eigenvalue weighted by atomic mass is 32.2. The van der Waals surface area contributed by atoms with Gasteiger partial charge in [-0.1, -0.05) is 4.40 Å². The van der Waals surface area contributed by atoms with Gasteiger partial charge in [0, 0.05) is 12.6 Å². The molecule has 0 fully saturated rings. The van der Waals surface area contributed by atoms with Gasteiger partial charge in [0.05, 0.1) is 4.90 Å². The summed E-state index contributed by atoms with van der Waals surface area (Å²) in [6.45, 7) is 1.35. The Kier molecular flexibility index (Phi) is 3.55. The molecular formula is C9H9N3O3S. The first-order valence-corrected chi connectivity index (χ1v) is 5.66. The van der Waals surface area contributed by atoms with Gasteiger partial charge in [-0.25, -0.2) is 5.41 Å². The second kappa shape index (κ2) is 4.69. The van der Waals surface area contributed by atoms with Crippen molar-refractivity contribution in [3.8, 4) is 0 Å². The van der Waals surface area contributed by atoms with Crippen molar-refractivity contribution in [2.75, 3.05) is 5.32 Å². The van der Waals surface area contributed by atoms with Gasteiger partial charge >= 0.3 is 0 Å². The summed E-state index contributed by atoms with van der Waals surface area (Å²) in [5.41, 5.74) is 0.491. The lowest BCUT2D eigenvalue weighted by molar-refractivity contribution is -0.114. The first-order chi connectivity index (χ1) is 7.45. The number of carbonyl (C=O) groups excluding carboxylic acids is 1. The molecule has 0 aliphatic carbocycles. The van der Waals surface area contributed by atoms with Crippen LogP contribution in [0.5, 0.6) is 0 Å². The van der Waals surface area contributed by atoms with E-state index in [4.69, 9.17) is 5.41 Å². The van der Waals surface area contributed by atoms with Crippen molar-refractivity contribution in [2.24, 2.45) is 4.40 Å². The van der Waals surface area contributed by atoms with Crippen LogP contribution in [0.4, 0.5) is 5.69 Å². The summed E-state index contributed by atoms with van der Waals surface area (Å²) in [6, 6.07) is 6.93.